The Kier molecular flexibility index (Phi) is 12.9. The predicted molar refractivity (Wildman–Crippen MR) is 255 cm³/mol. The van der Waals surface area contributed by atoms with Gasteiger partial charge in [-0.1, -0.05) is 231 Å². The van der Waals surface area contributed by atoms with Gasteiger partial charge in [-0.3, -0.25) is 9.59 Å². The normalized spacial score (nSPS) is 16.9. The molecule has 62 heavy (non-hydrogen) atoms. The summed E-state index contributed by atoms with van der Waals surface area (Å²) in [4.78, 5) is 30.0. The summed E-state index contributed by atoms with van der Waals surface area (Å²) in [5.41, 5.74) is 3.86. The van der Waals surface area contributed by atoms with Gasteiger partial charge in [-0.25, -0.2) is 0 Å². The van der Waals surface area contributed by atoms with Gasteiger partial charge in [0, 0.05) is 11.8 Å². The summed E-state index contributed by atoms with van der Waals surface area (Å²) in [7, 11) is -2.13. The molecular weight excluding hydrogens is 799 g/mol. The van der Waals surface area contributed by atoms with Gasteiger partial charge in [0.05, 0.1) is 11.8 Å². The molecule has 1 saturated carbocycles. The van der Waals surface area contributed by atoms with Gasteiger partial charge in [-0.2, -0.15) is 0 Å². The molecule has 0 spiro atoms. The van der Waals surface area contributed by atoms with Gasteiger partial charge in [0.1, 0.15) is 13.2 Å². The molecule has 1 aliphatic rings. The first-order valence-corrected chi connectivity index (χ1v) is 23.7. The molecule has 304 valence electrons. The maximum atomic E-state index is 15.0. The Morgan fingerprint density at radius 3 is 0.903 bits per heavy atom. The Morgan fingerprint density at radius 2 is 0.597 bits per heavy atom. The van der Waals surface area contributed by atoms with E-state index in [-0.39, 0.29) is 13.2 Å². The minimum Gasteiger partial charge on any atom is -0.461 e. The van der Waals surface area contributed by atoms with Crippen molar-refractivity contribution in [2.75, 3.05) is 0 Å². The summed E-state index contributed by atoms with van der Waals surface area (Å²) in [5, 5.41) is 7.12. The molecule has 0 bridgehead atoms. The number of hydrogen-bond acceptors (Lipinski definition) is 4. The van der Waals surface area contributed by atoms with Crippen LogP contribution in [0.25, 0.3) is 0 Å². The van der Waals surface area contributed by atoms with Crippen LogP contribution in [0.1, 0.15) is 34.1 Å². The van der Waals surface area contributed by atoms with Gasteiger partial charge in [-0.05, 0) is 69.9 Å². The molecule has 8 aromatic carbocycles. The molecule has 0 saturated heterocycles. The lowest BCUT2D eigenvalue weighted by atomic mass is 9.52. The molecular formula is C56H46O4P2. The van der Waals surface area contributed by atoms with Crippen molar-refractivity contribution < 1.29 is 19.1 Å². The Balaban J connectivity index is 1.24. The zero-order valence-electron chi connectivity index (χ0n) is 34.2. The standard InChI is InChI=1S/C56H46O4P2/c57-55(59-39-41-23-7-1-8-24-41)53-51(47-35-19-21-37-49(47)61(43-27-11-3-12-28-43)44-29-13-4-14-30-44)52(54(53)56(58)60-40-42-25-9-2-10-26-42)48-36-20-22-38-50(48)62(45-31-15-5-16-32-45)46-33-17-6-18-34-46/h1-38,51-54H,39-40H2/t51-,52-,53-,54-/m0/s1. The fraction of sp³-hybridized carbons (Fsp3) is 0.107. The van der Waals surface area contributed by atoms with Crippen molar-refractivity contribution >= 4 is 59.6 Å². The van der Waals surface area contributed by atoms with E-state index in [9.17, 15) is 0 Å². The SMILES string of the molecule is O=C(OCc1ccccc1)[C@@H]1[C@@H](C(=O)OCc2ccccc2)[C@@H](c2ccccc2P(c2ccccc2)c2ccccc2)[C@@H]1c1ccccc1P(c1ccccc1)c1ccccc1. The van der Waals surface area contributed by atoms with Gasteiger partial charge >= 0.3 is 11.9 Å². The molecule has 9 rings (SSSR count). The summed E-state index contributed by atoms with van der Waals surface area (Å²) >= 11 is 0. The van der Waals surface area contributed by atoms with Crippen LogP contribution < -0.4 is 31.8 Å². The van der Waals surface area contributed by atoms with Crippen LogP contribution in [-0.4, -0.2) is 11.9 Å². The minimum absolute atomic E-state index is 0.103. The fourth-order valence-corrected chi connectivity index (χ4v) is 13.9. The zero-order chi connectivity index (χ0) is 42.1. The molecule has 4 atom stereocenters. The fourth-order valence-electron chi connectivity index (χ4n) is 8.87. The maximum Gasteiger partial charge on any atom is 0.310 e. The highest BCUT2D eigenvalue weighted by molar-refractivity contribution is 7.80. The molecule has 0 amide bonds. The number of benzene rings is 8. The smallest absolute Gasteiger partial charge is 0.310 e. The third-order valence-corrected chi connectivity index (χ3v) is 16.7. The maximum absolute atomic E-state index is 15.0. The molecule has 8 aromatic rings. The Morgan fingerprint density at radius 1 is 0.339 bits per heavy atom. The summed E-state index contributed by atoms with van der Waals surface area (Å²) in [5.74, 6) is -3.26. The van der Waals surface area contributed by atoms with Gasteiger partial charge < -0.3 is 9.47 Å². The number of rotatable bonds is 14. The van der Waals surface area contributed by atoms with Crippen LogP contribution in [0.2, 0.25) is 0 Å². The number of ether oxygens (including phenoxy) is 2. The second-order valence-corrected chi connectivity index (χ2v) is 19.8. The summed E-state index contributed by atoms with van der Waals surface area (Å²) in [6.07, 6.45) is 0. The number of carbonyl (C=O) groups excluding carboxylic acids is 2. The average molecular weight is 845 g/mol. The lowest BCUT2D eigenvalue weighted by Gasteiger charge is -2.51. The number of carbonyl (C=O) groups is 2. The van der Waals surface area contributed by atoms with Crippen LogP contribution in [0.3, 0.4) is 0 Å². The largest absolute Gasteiger partial charge is 0.461 e. The second kappa shape index (κ2) is 19.5. The lowest BCUT2D eigenvalue weighted by Crippen LogP contribution is -2.54. The second-order valence-electron chi connectivity index (χ2n) is 15.4. The van der Waals surface area contributed by atoms with Gasteiger partial charge in [0.15, 0.2) is 0 Å². The molecule has 6 heteroatoms. The highest BCUT2D eigenvalue weighted by atomic mass is 31.1. The predicted octanol–water partition coefficient (Wildman–Crippen LogP) is 9.80. The molecule has 0 unspecified atom stereocenters. The molecule has 0 radical (unpaired) electrons. The first-order chi connectivity index (χ1) is 30.7. The van der Waals surface area contributed by atoms with E-state index in [1.807, 2.05) is 60.7 Å². The Hall–Kier alpha value is -6.44. The number of hydrogen-bond donors (Lipinski definition) is 0. The Bertz CT molecular complexity index is 2430. The van der Waals surface area contributed by atoms with E-state index in [1.165, 1.54) is 21.2 Å². The molecule has 0 heterocycles. The number of esters is 2. The van der Waals surface area contributed by atoms with Crippen LogP contribution in [0, 0.1) is 11.8 Å². The molecule has 0 aliphatic heterocycles. The zero-order valence-corrected chi connectivity index (χ0v) is 36.0. The van der Waals surface area contributed by atoms with E-state index in [0.717, 1.165) is 32.9 Å². The van der Waals surface area contributed by atoms with Crippen LogP contribution in [0.5, 0.6) is 0 Å². The summed E-state index contributed by atoms with van der Waals surface area (Å²) in [6.45, 7) is 0.206. The van der Waals surface area contributed by atoms with Crippen molar-refractivity contribution in [3.8, 4) is 0 Å². The van der Waals surface area contributed by atoms with E-state index in [4.69, 9.17) is 9.47 Å². The van der Waals surface area contributed by atoms with Crippen molar-refractivity contribution in [3.05, 3.63) is 253 Å². The van der Waals surface area contributed by atoms with Crippen molar-refractivity contribution in [2.45, 2.75) is 25.0 Å². The monoisotopic (exact) mass is 844 g/mol. The van der Waals surface area contributed by atoms with Crippen molar-refractivity contribution in [2.24, 2.45) is 11.8 Å². The molecule has 4 nitrogen and oxygen atoms in total. The van der Waals surface area contributed by atoms with E-state index in [0.29, 0.717) is 0 Å². The van der Waals surface area contributed by atoms with E-state index < -0.39 is 51.5 Å². The Labute approximate surface area is 366 Å². The average Bonchev–Trinajstić information content (AvgIpc) is 3.33. The molecule has 1 fully saturated rings. The van der Waals surface area contributed by atoms with Crippen molar-refractivity contribution in [1.29, 1.82) is 0 Å². The third-order valence-electron chi connectivity index (χ3n) is 11.7. The lowest BCUT2D eigenvalue weighted by molar-refractivity contribution is -0.173. The van der Waals surface area contributed by atoms with E-state index in [2.05, 4.69) is 170 Å². The summed E-state index contributed by atoms with van der Waals surface area (Å²) < 4.78 is 12.5. The van der Waals surface area contributed by atoms with E-state index >= 15 is 9.59 Å². The van der Waals surface area contributed by atoms with Gasteiger partial charge in [0.2, 0.25) is 0 Å². The summed E-state index contributed by atoms with van der Waals surface area (Å²) in [6, 6.07) is 79.1. The van der Waals surface area contributed by atoms with Crippen LogP contribution in [0.4, 0.5) is 0 Å². The van der Waals surface area contributed by atoms with Crippen molar-refractivity contribution in [3.63, 3.8) is 0 Å². The molecule has 0 N–H and O–H groups in total. The van der Waals surface area contributed by atoms with Crippen LogP contribution >= 0.6 is 15.8 Å². The molecule has 0 aromatic heterocycles. The first kappa shape index (κ1) is 40.9. The van der Waals surface area contributed by atoms with Crippen molar-refractivity contribution in [1.82, 2.24) is 0 Å². The topological polar surface area (TPSA) is 52.6 Å². The highest BCUT2D eigenvalue weighted by Crippen LogP contribution is 2.60. The third kappa shape index (κ3) is 8.81. The van der Waals surface area contributed by atoms with Crippen LogP contribution in [0.15, 0.2) is 231 Å². The quantitative estimate of drug-likeness (QED) is 0.0809. The van der Waals surface area contributed by atoms with Gasteiger partial charge in [-0.15, -0.1) is 0 Å². The molecule has 1 aliphatic carbocycles. The van der Waals surface area contributed by atoms with Gasteiger partial charge in [0.25, 0.3) is 0 Å². The first-order valence-electron chi connectivity index (χ1n) is 21.0. The highest BCUT2D eigenvalue weighted by Gasteiger charge is 2.61. The van der Waals surface area contributed by atoms with Crippen LogP contribution in [-0.2, 0) is 32.3 Å². The van der Waals surface area contributed by atoms with E-state index in [1.54, 1.807) is 0 Å². The minimum atomic E-state index is -1.06.